The summed E-state index contributed by atoms with van der Waals surface area (Å²) in [4.78, 5) is 21.9. The molecule has 1 aromatic carbocycles. The monoisotopic (exact) mass is 314 g/mol. The minimum atomic E-state index is -1.15. The summed E-state index contributed by atoms with van der Waals surface area (Å²) in [5.74, 6) is -1.15. The number of unbranched alkanes of at least 4 members (excludes halogenated alkanes) is 1. The van der Waals surface area contributed by atoms with E-state index in [4.69, 9.17) is 16.3 Å². The fraction of sp³-hybridized carbons (Fsp3) is 0.429. The van der Waals surface area contributed by atoms with Gasteiger partial charge in [0.15, 0.2) is 0 Å². The number of quaternary nitrogens is 1. The highest BCUT2D eigenvalue weighted by atomic mass is 35.5. The number of carbonyl (C=O) groups excluding carboxylic acids is 2. The number of hydrogen-bond acceptors (Lipinski definition) is 4. The first-order valence-electron chi connectivity index (χ1n) is 6.68. The Morgan fingerprint density at radius 1 is 1.33 bits per heavy atom. The molecule has 0 aliphatic rings. The Hall–Kier alpha value is -1.79. The van der Waals surface area contributed by atoms with Gasteiger partial charge in [0.2, 0.25) is 0 Å². The number of rotatable bonds is 8. The van der Waals surface area contributed by atoms with Crippen LogP contribution in [0.2, 0.25) is 5.02 Å². The van der Waals surface area contributed by atoms with Gasteiger partial charge < -0.3 is 25.7 Å². The highest BCUT2D eigenvalue weighted by Gasteiger charge is 2.07. The van der Waals surface area contributed by atoms with Gasteiger partial charge in [-0.2, -0.15) is 0 Å². The topological polar surface area (TPSA) is 106 Å². The summed E-state index contributed by atoms with van der Waals surface area (Å²) in [5.41, 5.74) is 4.19. The number of benzene rings is 1. The van der Waals surface area contributed by atoms with Crippen LogP contribution in [0.25, 0.3) is 0 Å². The zero-order valence-electron chi connectivity index (χ0n) is 11.6. The van der Waals surface area contributed by atoms with Gasteiger partial charge in [0.1, 0.15) is 12.6 Å². The molecule has 7 heteroatoms. The molecule has 6 nitrogen and oxygen atoms in total. The first kappa shape index (κ1) is 17.3. The maximum absolute atomic E-state index is 11.4. The van der Waals surface area contributed by atoms with E-state index >= 15 is 0 Å². The van der Waals surface area contributed by atoms with E-state index in [0.717, 1.165) is 5.56 Å². The van der Waals surface area contributed by atoms with E-state index in [1.165, 1.54) is 0 Å². The van der Waals surface area contributed by atoms with Gasteiger partial charge in [-0.1, -0.05) is 29.8 Å². The summed E-state index contributed by atoms with van der Waals surface area (Å²) < 4.78 is 5.02. The maximum atomic E-state index is 11.4. The van der Waals surface area contributed by atoms with Crippen molar-refractivity contribution in [3.63, 3.8) is 0 Å². The van der Waals surface area contributed by atoms with Gasteiger partial charge in [0, 0.05) is 23.6 Å². The molecule has 0 fully saturated rings. The second-order valence-electron chi connectivity index (χ2n) is 4.61. The number of carboxylic acids is 1. The van der Waals surface area contributed by atoms with E-state index < -0.39 is 18.1 Å². The minimum absolute atomic E-state index is 0.108. The molecule has 0 radical (unpaired) electrons. The van der Waals surface area contributed by atoms with Crippen molar-refractivity contribution >= 4 is 23.7 Å². The molecule has 0 aliphatic carbocycles. The van der Waals surface area contributed by atoms with Gasteiger partial charge in [-0.3, -0.25) is 0 Å². The summed E-state index contributed by atoms with van der Waals surface area (Å²) in [5, 5.41) is 13.6. The predicted molar refractivity (Wildman–Crippen MR) is 75.2 cm³/mol. The number of aliphatic carboxylic acids is 1. The van der Waals surface area contributed by atoms with Gasteiger partial charge in [-0.05, 0) is 18.9 Å². The predicted octanol–water partition coefficient (Wildman–Crippen LogP) is 0.0969. The lowest BCUT2D eigenvalue weighted by Crippen LogP contribution is -2.68. The molecule has 1 aromatic rings. The van der Waals surface area contributed by atoms with Crippen molar-refractivity contribution in [2.75, 3.05) is 6.54 Å². The Bertz CT molecular complexity index is 482. The molecule has 21 heavy (non-hydrogen) atoms. The molecule has 0 aromatic heterocycles. The third-order valence-electron chi connectivity index (χ3n) is 2.90. The molecule has 0 saturated carbocycles. The zero-order chi connectivity index (χ0) is 15.7. The van der Waals surface area contributed by atoms with Gasteiger partial charge in [0.05, 0.1) is 5.97 Å². The van der Waals surface area contributed by atoms with Crippen molar-refractivity contribution in [2.45, 2.75) is 31.9 Å². The summed E-state index contributed by atoms with van der Waals surface area (Å²) >= 11 is 5.94. The number of alkyl carbamates (subject to hydrolysis) is 1. The number of halogens is 1. The third kappa shape index (κ3) is 6.97. The first-order chi connectivity index (χ1) is 10.0. The highest BCUT2D eigenvalue weighted by molar-refractivity contribution is 6.31. The molecular formula is C14H19ClN2O4. The molecule has 0 spiro atoms. The number of ether oxygens (including phenoxy) is 1. The molecule has 1 atom stereocenters. The number of nitrogens with one attached hydrogen (secondary N) is 1. The Balaban J connectivity index is 2.12. The molecule has 0 saturated heterocycles. The maximum Gasteiger partial charge on any atom is 0.407 e. The van der Waals surface area contributed by atoms with Crippen LogP contribution < -0.4 is 16.2 Å². The van der Waals surface area contributed by atoms with Crippen molar-refractivity contribution in [1.29, 1.82) is 0 Å². The fourth-order valence-corrected chi connectivity index (χ4v) is 1.82. The van der Waals surface area contributed by atoms with E-state index in [1.54, 1.807) is 18.2 Å². The molecule has 4 N–H and O–H groups in total. The average Bonchev–Trinajstić information content (AvgIpc) is 2.45. The number of amides is 1. The van der Waals surface area contributed by atoms with Crippen LogP contribution in [0.15, 0.2) is 24.3 Å². The Labute approximate surface area is 128 Å². The molecule has 0 aliphatic heterocycles. The quantitative estimate of drug-likeness (QED) is 0.663. The molecule has 116 valence electrons. The van der Waals surface area contributed by atoms with Gasteiger partial charge >= 0.3 is 6.09 Å². The second kappa shape index (κ2) is 9.20. The Morgan fingerprint density at radius 2 is 2.05 bits per heavy atom. The van der Waals surface area contributed by atoms with E-state index in [0.29, 0.717) is 30.8 Å². The van der Waals surface area contributed by atoms with E-state index in [9.17, 15) is 14.7 Å². The van der Waals surface area contributed by atoms with E-state index in [2.05, 4.69) is 11.1 Å². The second-order valence-corrected chi connectivity index (χ2v) is 5.01. The molecule has 0 unspecified atom stereocenters. The number of hydrogen-bond donors (Lipinski definition) is 2. The summed E-state index contributed by atoms with van der Waals surface area (Å²) in [6, 6.07) is 6.41. The minimum Gasteiger partial charge on any atom is -0.544 e. The lowest BCUT2D eigenvalue weighted by molar-refractivity contribution is -0.438. The van der Waals surface area contributed by atoms with Crippen LogP contribution in [-0.2, 0) is 16.1 Å². The van der Waals surface area contributed by atoms with Crippen LogP contribution >= 0.6 is 11.6 Å². The van der Waals surface area contributed by atoms with Crippen molar-refractivity contribution in [3.05, 3.63) is 34.9 Å². The lowest BCUT2D eigenvalue weighted by atomic mass is 10.1. The molecule has 0 heterocycles. The lowest BCUT2D eigenvalue weighted by Gasteiger charge is -2.10. The highest BCUT2D eigenvalue weighted by Crippen LogP contribution is 2.15. The Morgan fingerprint density at radius 3 is 2.71 bits per heavy atom. The van der Waals surface area contributed by atoms with E-state index in [1.807, 2.05) is 6.07 Å². The van der Waals surface area contributed by atoms with Crippen molar-refractivity contribution in [3.8, 4) is 0 Å². The zero-order valence-corrected chi connectivity index (χ0v) is 12.4. The fourth-order valence-electron chi connectivity index (χ4n) is 1.63. The van der Waals surface area contributed by atoms with Crippen LogP contribution in [0.3, 0.4) is 0 Å². The molecule has 1 rings (SSSR count). The molecule has 0 bridgehead atoms. The Kier molecular flexibility index (Phi) is 7.56. The first-order valence-corrected chi connectivity index (χ1v) is 7.06. The smallest absolute Gasteiger partial charge is 0.407 e. The largest absolute Gasteiger partial charge is 0.544 e. The van der Waals surface area contributed by atoms with Crippen molar-refractivity contribution in [1.82, 2.24) is 5.32 Å². The third-order valence-corrected chi connectivity index (χ3v) is 3.27. The summed E-state index contributed by atoms with van der Waals surface area (Å²) in [6.45, 7) is 0.526. The van der Waals surface area contributed by atoms with Gasteiger partial charge in [-0.15, -0.1) is 0 Å². The van der Waals surface area contributed by atoms with Crippen LogP contribution in [0.5, 0.6) is 0 Å². The number of carboxylic acid groups (broad SMARTS) is 1. The van der Waals surface area contributed by atoms with Crippen LogP contribution in [0, 0.1) is 0 Å². The van der Waals surface area contributed by atoms with Crippen LogP contribution in [0.1, 0.15) is 24.8 Å². The van der Waals surface area contributed by atoms with Crippen LogP contribution in [0.4, 0.5) is 4.79 Å². The standard InChI is InChI=1S/C14H19ClN2O4/c15-11-6-2-1-5-10(11)9-21-14(20)17-8-4-3-7-12(16)13(18)19/h1-2,5-6,12H,3-4,7-9,16H2,(H,17,20)(H,18,19)/t12-/m1/s1. The van der Waals surface area contributed by atoms with Crippen molar-refractivity contribution < 1.29 is 25.2 Å². The normalized spacial score (nSPS) is 11.7. The summed E-state index contributed by atoms with van der Waals surface area (Å²) in [7, 11) is 0. The number of carbonyl (C=O) groups is 2. The van der Waals surface area contributed by atoms with E-state index in [-0.39, 0.29) is 6.61 Å². The molecule has 1 amide bonds. The summed E-state index contributed by atoms with van der Waals surface area (Å²) in [6.07, 6.45) is 1.20. The average molecular weight is 315 g/mol. The van der Waals surface area contributed by atoms with Gasteiger partial charge in [0.25, 0.3) is 0 Å². The van der Waals surface area contributed by atoms with Crippen LogP contribution in [-0.4, -0.2) is 24.6 Å². The van der Waals surface area contributed by atoms with Gasteiger partial charge in [-0.25, -0.2) is 4.79 Å². The molecular weight excluding hydrogens is 296 g/mol. The SMILES string of the molecule is [NH3+][C@H](CCCCNC(=O)OCc1ccccc1Cl)C(=O)[O-]. The van der Waals surface area contributed by atoms with Crippen molar-refractivity contribution in [2.24, 2.45) is 0 Å².